The van der Waals surface area contributed by atoms with Gasteiger partial charge >= 0.3 is 11.9 Å². The Hall–Kier alpha value is -1.94. The first-order chi connectivity index (χ1) is 15.1. The molecule has 0 saturated carbocycles. The van der Waals surface area contributed by atoms with Crippen molar-refractivity contribution in [2.24, 2.45) is 5.92 Å². The Morgan fingerprint density at radius 1 is 0.581 bits per heavy atom. The van der Waals surface area contributed by atoms with Crippen LogP contribution in [-0.2, 0) is 9.59 Å². The third-order valence-electron chi connectivity index (χ3n) is 5.54. The molecule has 0 aliphatic carbocycles. The quantitative estimate of drug-likeness (QED) is 0.121. The van der Waals surface area contributed by atoms with E-state index in [0.29, 0.717) is 6.42 Å². The highest BCUT2D eigenvalue weighted by atomic mass is 16.4. The molecule has 0 spiro atoms. The first-order valence-corrected chi connectivity index (χ1v) is 12.5. The molecule has 0 unspecified atom stereocenters. The summed E-state index contributed by atoms with van der Waals surface area (Å²) in [5.74, 6) is 8.49. The van der Waals surface area contributed by atoms with Gasteiger partial charge in [0.25, 0.3) is 0 Å². The van der Waals surface area contributed by atoms with Crippen molar-refractivity contribution in [2.75, 3.05) is 0 Å². The van der Waals surface area contributed by atoms with Crippen LogP contribution in [0.25, 0.3) is 0 Å². The first kappa shape index (κ1) is 29.1. The van der Waals surface area contributed by atoms with Crippen molar-refractivity contribution in [3.63, 3.8) is 0 Å². The van der Waals surface area contributed by atoms with Crippen molar-refractivity contribution in [2.45, 2.75) is 129 Å². The average molecular weight is 433 g/mol. The first-order valence-electron chi connectivity index (χ1n) is 12.5. The van der Waals surface area contributed by atoms with Gasteiger partial charge in [-0.05, 0) is 31.1 Å². The minimum atomic E-state index is -1.26. The summed E-state index contributed by atoms with van der Waals surface area (Å²) in [7, 11) is 0. The molecule has 0 aromatic carbocycles. The molecule has 0 atom stereocenters. The van der Waals surface area contributed by atoms with Gasteiger partial charge in [-0.3, -0.25) is 9.59 Å². The molecule has 31 heavy (non-hydrogen) atoms. The summed E-state index contributed by atoms with van der Waals surface area (Å²) >= 11 is 0. The van der Waals surface area contributed by atoms with Crippen LogP contribution in [0.5, 0.6) is 0 Å². The molecule has 0 saturated heterocycles. The highest BCUT2D eigenvalue weighted by Crippen LogP contribution is 2.14. The Kier molecular flexibility index (Phi) is 21.3. The Morgan fingerprint density at radius 3 is 1.32 bits per heavy atom. The fourth-order valence-electron chi connectivity index (χ4n) is 3.54. The lowest BCUT2D eigenvalue weighted by atomic mass is 10.0. The molecular formula is C27H44O4. The van der Waals surface area contributed by atoms with Gasteiger partial charge in [0.1, 0.15) is 0 Å². The monoisotopic (exact) mass is 432 g/mol. The summed E-state index contributed by atoms with van der Waals surface area (Å²) in [6, 6.07) is 0. The standard InChI is InChI=1S/C27H44O4/c1-2-3-4-5-6-7-8-9-10-11-12-13-14-15-16-17-18-19-20-21-22-23-24-25(26(28)29)27(30)31/h25H,2-11,16-24H2,1H3,(H,28,29)(H,30,31). The molecule has 0 heterocycles. The molecule has 176 valence electrons. The second-order valence-electron chi connectivity index (χ2n) is 8.42. The third kappa shape index (κ3) is 21.1. The van der Waals surface area contributed by atoms with Gasteiger partial charge in [0.05, 0.1) is 0 Å². The smallest absolute Gasteiger partial charge is 0.317 e. The summed E-state index contributed by atoms with van der Waals surface area (Å²) < 4.78 is 0. The lowest BCUT2D eigenvalue weighted by Crippen LogP contribution is -2.23. The zero-order chi connectivity index (χ0) is 23.0. The number of carbonyl (C=O) groups is 2. The predicted octanol–water partition coefficient (Wildman–Crippen LogP) is 7.21. The Labute approximate surface area is 190 Å². The largest absolute Gasteiger partial charge is 0.481 e. The summed E-state index contributed by atoms with van der Waals surface area (Å²) in [4.78, 5) is 21.6. The van der Waals surface area contributed by atoms with Crippen molar-refractivity contribution >= 4 is 11.9 Å². The van der Waals surface area contributed by atoms with E-state index in [2.05, 4.69) is 30.6 Å². The van der Waals surface area contributed by atoms with E-state index < -0.39 is 17.9 Å². The minimum absolute atomic E-state index is 0.223. The average Bonchev–Trinajstić information content (AvgIpc) is 2.73. The summed E-state index contributed by atoms with van der Waals surface area (Å²) in [5.41, 5.74) is 0. The summed E-state index contributed by atoms with van der Waals surface area (Å²) in [6.07, 6.45) is 21.2. The van der Waals surface area contributed by atoms with Gasteiger partial charge in [0, 0.05) is 12.8 Å². The van der Waals surface area contributed by atoms with Gasteiger partial charge in [0.2, 0.25) is 0 Å². The van der Waals surface area contributed by atoms with Gasteiger partial charge in [-0.2, -0.15) is 0 Å². The van der Waals surface area contributed by atoms with Crippen LogP contribution in [0.3, 0.4) is 0 Å². The van der Waals surface area contributed by atoms with Crippen molar-refractivity contribution in [3.8, 4) is 23.7 Å². The minimum Gasteiger partial charge on any atom is -0.481 e. The molecule has 0 aromatic heterocycles. The van der Waals surface area contributed by atoms with Gasteiger partial charge < -0.3 is 10.2 Å². The highest BCUT2D eigenvalue weighted by Gasteiger charge is 2.24. The van der Waals surface area contributed by atoms with Crippen LogP contribution < -0.4 is 0 Å². The number of rotatable bonds is 20. The van der Waals surface area contributed by atoms with Crippen LogP contribution >= 0.6 is 0 Å². The van der Waals surface area contributed by atoms with E-state index in [9.17, 15) is 9.59 Å². The number of carboxylic acid groups (broad SMARTS) is 2. The van der Waals surface area contributed by atoms with Crippen molar-refractivity contribution in [3.05, 3.63) is 0 Å². The van der Waals surface area contributed by atoms with Crippen molar-refractivity contribution < 1.29 is 19.8 Å². The normalized spacial score (nSPS) is 10.3. The maximum atomic E-state index is 10.8. The fraction of sp³-hybridized carbons (Fsp3) is 0.778. The van der Waals surface area contributed by atoms with Crippen LogP contribution in [0.2, 0.25) is 0 Å². The maximum Gasteiger partial charge on any atom is 0.317 e. The Bertz CT molecular complexity index is 560. The van der Waals surface area contributed by atoms with Crippen molar-refractivity contribution in [1.29, 1.82) is 0 Å². The number of hydrogen-bond donors (Lipinski definition) is 2. The summed E-state index contributed by atoms with van der Waals surface area (Å²) in [6.45, 7) is 2.26. The lowest BCUT2D eigenvalue weighted by molar-refractivity contribution is -0.154. The second kappa shape index (κ2) is 22.7. The molecule has 0 aliphatic heterocycles. The van der Waals surface area contributed by atoms with Gasteiger partial charge in [-0.25, -0.2) is 0 Å². The second-order valence-corrected chi connectivity index (χ2v) is 8.42. The van der Waals surface area contributed by atoms with E-state index >= 15 is 0 Å². The SMILES string of the molecule is CCCCCCCCCCCC#CC#CCCCCCCCCCC(C(=O)O)C(=O)O. The lowest BCUT2D eigenvalue weighted by Gasteiger charge is -2.06. The van der Waals surface area contributed by atoms with E-state index in [1.54, 1.807) is 0 Å². The number of unbranched alkanes of at least 4 members (excludes halogenated alkanes) is 16. The van der Waals surface area contributed by atoms with Crippen LogP contribution in [-0.4, -0.2) is 22.2 Å². The number of hydrogen-bond acceptors (Lipinski definition) is 2. The van der Waals surface area contributed by atoms with E-state index in [0.717, 1.165) is 51.4 Å². The Morgan fingerprint density at radius 2 is 0.935 bits per heavy atom. The molecule has 4 nitrogen and oxygen atoms in total. The van der Waals surface area contributed by atoms with E-state index in [4.69, 9.17) is 10.2 Å². The fourth-order valence-corrected chi connectivity index (χ4v) is 3.54. The van der Waals surface area contributed by atoms with Crippen molar-refractivity contribution in [1.82, 2.24) is 0 Å². The van der Waals surface area contributed by atoms with Gasteiger partial charge in [0.15, 0.2) is 5.92 Å². The molecule has 0 bridgehead atoms. The molecule has 2 N–H and O–H groups in total. The Balaban J connectivity index is 3.40. The van der Waals surface area contributed by atoms with E-state index in [1.165, 1.54) is 57.8 Å². The molecular weight excluding hydrogens is 388 g/mol. The van der Waals surface area contributed by atoms with Gasteiger partial charge in [-0.15, -0.1) is 0 Å². The molecule has 0 fully saturated rings. The van der Waals surface area contributed by atoms with Crippen LogP contribution in [0.4, 0.5) is 0 Å². The highest BCUT2D eigenvalue weighted by molar-refractivity contribution is 5.92. The number of carboxylic acids is 2. The molecule has 0 aliphatic rings. The maximum absolute atomic E-state index is 10.8. The van der Waals surface area contributed by atoms with E-state index in [1.807, 2.05) is 0 Å². The van der Waals surface area contributed by atoms with Crippen LogP contribution in [0, 0.1) is 29.6 Å². The molecule has 0 amide bonds. The summed E-state index contributed by atoms with van der Waals surface area (Å²) in [5, 5.41) is 17.6. The zero-order valence-corrected chi connectivity index (χ0v) is 19.7. The van der Waals surface area contributed by atoms with Gasteiger partial charge in [-0.1, -0.05) is 109 Å². The molecule has 0 radical (unpaired) electrons. The predicted molar refractivity (Wildman–Crippen MR) is 128 cm³/mol. The molecule has 4 heteroatoms. The topological polar surface area (TPSA) is 74.6 Å². The molecule has 0 aromatic rings. The number of aliphatic carboxylic acids is 2. The molecule has 0 rings (SSSR count). The third-order valence-corrected chi connectivity index (χ3v) is 5.54. The zero-order valence-electron chi connectivity index (χ0n) is 19.7. The van der Waals surface area contributed by atoms with Crippen LogP contribution in [0.15, 0.2) is 0 Å². The van der Waals surface area contributed by atoms with Crippen LogP contribution in [0.1, 0.15) is 129 Å². The van der Waals surface area contributed by atoms with E-state index in [-0.39, 0.29) is 6.42 Å².